The Labute approximate surface area is 247 Å². The molecule has 0 atom stereocenters. The average molecular weight is 572 g/mol. The number of anilines is 2. The molecular formula is C35H29N3O5. The molecule has 4 aliphatic heterocycles. The number of benzene rings is 5. The number of amides is 2. The first-order valence-corrected chi connectivity index (χ1v) is 15.4. The molecule has 43 heavy (non-hydrogen) atoms. The van der Waals surface area contributed by atoms with Crippen LogP contribution in [-0.4, -0.2) is 61.4 Å². The van der Waals surface area contributed by atoms with E-state index in [1.807, 2.05) is 37.3 Å². The van der Waals surface area contributed by atoms with Crippen molar-refractivity contribution in [3.8, 4) is 0 Å². The maximum absolute atomic E-state index is 14.0. The predicted octanol–water partition coefficient (Wildman–Crippen LogP) is 6.25. The van der Waals surface area contributed by atoms with Crippen molar-refractivity contribution in [1.29, 1.82) is 0 Å². The van der Waals surface area contributed by atoms with Crippen LogP contribution in [0, 0.1) is 0 Å². The Morgan fingerprint density at radius 2 is 1.07 bits per heavy atom. The lowest BCUT2D eigenvalue weighted by Crippen LogP contribution is -2.41. The average Bonchev–Trinajstić information content (AvgIpc) is 3.75. The van der Waals surface area contributed by atoms with Crippen LogP contribution in [0.2, 0.25) is 0 Å². The quantitative estimate of drug-likeness (QED) is 0.0828. The number of rotatable bonds is 4. The van der Waals surface area contributed by atoms with E-state index in [2.05, 4.69) is 9.80 Å². The van der Waals surface area contributed by atoms with Crippen LogP contribution in [-0.2, 0) is 4.74 Å². The second-order valence-corrected chi connectivity index (χ2v) is 12.3. The fraction of sp³-hybridized carbons (Fsp3) is 0.314. The summed E-state index contributed by atoms with van der Waals surface area (Å²) in [7, 11) is 0. The summed E-state index contributed by atoms with van der Waals surface area (Å²) < 4.78 is 5.21. The van der Waals surface area contributed by atoms with Crippen LogP contribution in [0.3, 0.4) is 0 Å². The SMILES string of the molecule is CCCN1C(=O)c2ccc3c4c(N5CCCC5)cc5c6c(ccc(c7c(N8CCCC8)cc(c2c37)C1=O)c64)C(=O)OC5=O. The molecule has 8 nitrogen and oxygen atoms in total. The zero-order valence-corrected chi connectivity index (χ0v) is 23.9. The second kappa shape index (κ2) is 8.66. The van der Waals surface area contributed by atoms with Crippen LogP contribution in [0.1, 0.15) is 80.5 Å². The molecule has 2 amide bonds. The monoisotopic (exact) mass is 571 g/mol. The molecular weight excluding hydrogens is 542 g/mol. The van der Waals surface area contributed by atoms with Gasteiger partial charge in [0.15, 0.2) is 0 Å². The lowest BCUT2D eigenvalue weighted by molar-refractivity contribution is 0.0390. The van der Waals surface area contributed by atoms with E-state index in [1.54, 1.807) is 6.07 Å². The van der Waals surface area contributed by atoms with Gasteiger partial charge in [-0.3, -0.25) is 14.5 Å². The topological polar surface area (TPSA) is 87.2 Å². The van der Waals surface area contributed by atoms with Gasteiger partial charge in [0.1, 0.15) is 0 Å². The first-order valence-electron chi connectivity index (χ1n) is 15.4. The third-order valence-corrected chi connectivity index (χ3v) is 9.98. The standard InChI is InChI=1S/C35H29N3O5/c1-2-11-38-32(39)20-9-7-18-29-25(37-14-5-6-15-37)17-23-27-21(34(41)43-35(23)42)10-8-19(31(27)29)28-24(36-12-3-4-13-36)16-22(33(38)40)26(20)30(18)28/h7-10,16-17H,2-6,11-15H2,1H3. The third-order valence-electron chi connectivity index (χ3n) is 9.98. The lowest BCUT2D eigenvalue weighted by Gasteiger charge is -2.32. The molecule has 2 fully saturated rings. The first kappa shape index (κ1) is 24.8. The summed E-state index contributed by atoms with van der Waals surface area (Å²) >= 11 is 0. The number of cyclic esters (lactones) is 2. The number of imide groups is 1. The van der Waals surface area contributed by atoms with Crippen molar-refractivity contribution in [1.82, 2.24) is 4.90 Å². The van der Waals surface area contributed by atoms with Crippen molar-refractivity contribution in [2.75, 3.05) is 42.5 Å². The molecule has 9 rings (SSSR count). The van der Waals surface area contributed by atoms with E-state index in [1.165, 1.54) is 4.90 Å². The normalized spacial score (nSPS) is 18.5. The molecule has 214 valence electrons. The summed E-state index contributed by atoms with van der Waals surface area (Å²) in [6.45, 7) is 5.81. The highest BCUT2D eigenvalue weighted by Crippen LogP contribution is 2.52. The molecule has 4 aliphatic rings. The van der Waals surface area contributed by atoms with Crippen molar-refractivity contribution in [3.63, 3.8) is 0 Å². The van der Waals surface area contributed by atoms with Gasteiger partial charge in [0.05, 0.1) is 16.7 Å². The minimum atomic E-state index is -0.632. The number of esters is 2. The van der Waals surface area contributed by atoms with Crippen molar-refractivity contribution >= 4 is 78.2 Å². The Morgan fingerprint density at radius 1 is 0.581 bits per heavy atom. The zero-order chi connectivity index (χ0) is 29.1. The fourth-order valence-electron chi connectivity index (χ4n) is 8.16. The Bertz CT molecular complexity index is 2120. The van der Waals surface area contributed by atoms with Crippen molar-refractivity contribution in [2.24, 2.45) is 0 Å². The van der Waals surface area contributed by atoms with Crippen LogP contribution in [0.25, 0.3) is 43.1 Å². The number of nitrogens with zero attached hydrogens (tertiary/aromatic N) is 3. The smallest absolute Gasteiger partial charge is 0.346 e. The summed E-state index contributed by atoms with van der Waals surface area (Å²) in [5.41, 5.74) is 3.82. The number of carbonyl (C=O) groups is 4. The molecule has 0 aromatic heterocycles. The molecule has 0 aliphatic carbocycles. The van der Waals surface area contributed by atoms with E-state index in [-0.39, 0.29) is 11.8 Å². The third kappa shape index (κ3) is 3.10. The van der Waals surface area contributed by atoms with E-state index < -0.39 is 11.9 Å². The minimum absolute atomic E-state index is 0.243. The molecule has 0 saturated carbocycles. The van der Waals surface area contributed by atoms with E-state index >= 15 is 0 Å². The van der Waals surface area contributed by atoms with Crippen LogP contribution in [0.15, 0.2) is 36.4 Å². The predicted molar refractivity (Wildman–Crippen MR) is 166 cm³/mol. The van der Waals surface area contributed by atoms with E-state index in [9.17, 15) is 19.2 Å². The van der Waals surface area contributed by atoms with Crippen molar-refractivity contribution in [2.45, 2.75) is 39.0 Å². The van der Waals surface area contributed by atoms with Crippen molar-refractivity contribution < 1.29 is 23.9 Å². The Balaban J connectivity index is 1.54. The number of hydrogen-bond donors (Lipinski definition) is 0. The molecule has 0 unspecified atom stereocenters. The molecule has 0 spiro atoms. The molecule has 4 heterocycles. The van der Waals surface area contributed by atoms with Gasteiger partial charge in [-0.15, -0.1) is 0 Å². The molecule has 8 heteroatoms. The summed E-state index contributed by atoms with van der Waals surface area (Å²) in [6, 6.07) is 11.5. The van der Waals surface area contributed by atoms with Crippen LogP contribution >= 0.6 is 0 Å². The van der Waals surface area contributed by atoms with Gasteiger partial charge in [-0.2, -0.15) is 0 Å². The largest absolute Gasteiger partial charge is 0.386 e. The van der Waals surface area contributed by atoms with Gasteiger partial charge in [0.2, 0.25) is 0 Å². The maximum Gasteiger partial charge on any atom is 0.346 e. The second-order valence-electron chi connectivity index (χ2n) is 12.3. The van der Waals surface area contributed by atoms with E-state index in [0.29, 0.717) is 46.0 Å². The molecule has 0 bridgehead atoms. The Kier molecular flexibility index (Phi) is 5.00. The van der Waals surface area contributed by atoms with Gasteiger partial charge in [-0.1, -0.05) is 19.1 Å². The fourth-order valence-corrected chi connectivity index (χ4v) is 8.16. The van der Waals surface area contributed by atoms with Crippen LogP contribution in [0.4, 0.5) is 11.4 Å². The van der Waals surface area contributed by atoms with Gasteiger partial charge >= 0.3 is 11.9 Å². The highest BCUT2D eigenvalue weighted by atomic mass is 16.6. The molecule has 0 N–H and O–H groups in total. The van der Waals surface area contributed by atoms with E-state index in [4.69, 9.17) is 4.74 Å². The number of carbonyl (C=O) groups excluding carboxylic acids is 4. The van der Waals surface area contributed by atoms with Crippen LogP contribution < -0.4 is 9.80 Å². The number of hydrogen-bond acceptors (Lipinski definition) is 7. The summed E-state index contributed by atoms with van der Waals surface area (Å²) in [4.78, 5) is 60.1. The first-order chi connectivity index (χ1) is 21.0. The highest BCUT2D eigenvalue weighted by molar-refractivity contribution is 6.43. The molecule has 5 aromatic rings. The zero-order valence-electron chi connectivity index (χ0n) is 23.9. The highest BCUT2D eigenvalue weighted by Gasteiger charge is 2.38. The molecule has 5 aromatic carbocycles. The summed E-state index contributed by atoms with van der Waals surface area (Å²) in [6.07, 6.45) is 4.90. The Morgan fingerprint density at radius 3 is 1.65 bits per heavy atom. The number of fused-ring (bicyclic) bond motifs is 2. The Hall–Kier alpha value is -4.72. The van der Waals surface area contributed by atoms with Gasteiger partial charge < -0.3 is 14.5 Å². The minimum Gasteiger partial charge on any atom is -0.386 e. The lowest BCUT2D eigenvalue weighted by atomic mass is 9.81. The summed E-state index contributed by atoms with van der Waals surface area (Å²) in [5, 5.41) is 6.91. The van der Waals surface area contributed by atoms with E-state index in [0.717, 1.165) is 95.6 Å². The maximum atomic E-state index is 14.0. The molecule has 0 radical (unpaired) electrons. The van der Waals surface area contributed by atoms with Gasteiger partial charge in [-0.05, 0) is 67.1 Å². The van der Waals surface area contributed by atoms with Gasteiger partial charge in [0.25, 0.3) is 11.8 Å². The van der Waals surface area contributed by atoms with Crippen LogP contribution in [0.5, 0.6) is 0 Å². The number of ether oxygens (including phenoxy) is 1. The van der Waals surface area contributed by atoms with Gasteiger partial charge in [0, 0.05) is 82.0 Å². The van der Waals surface area contributed by atoms with Gasteiger partial charge in [-0.25, -0.2) is 9.59 Å². The van der Waals surface area contributed by atoms with Crippen molar-refractivity contribution in [3.05, 3.63) is 58.7 Å². The molecule has 2 saturated heterocycles. The summed E-state index contributed by atoms with van der Waals surface area (Å²) in [5.74, 6) is -1.75.